The lowest BCUT2D eigenvalue weighted by Gasteiger charge is -2.41. The number of nitrogens with zero attached hydrogens (tertiary/aromatic N) is 2. The largest absolute Gasteiger partial charge is 0.393 e. The Bertz CT molecular complexity index is 1030. The Morgan fingerprint density at radius 3 is 2.48 bits per heavy atom. The van der Waals surface area contributed by atoms with E-state index in [1.165, 1.54) is 27.4 Å². The Morgan fingerprint density at radius 1 is 1.13 bits per heavy atom. The van der Waals surface area contributed by atoms with Crippen LogP contribution >= 0.6 is 11.9 Å². The lowest BCUT2D eigenvalue weighted by Crippen LogP contribution is -2.47. The minimum atomic E-state index is -3.04. The molecule has 2 aliphatic rings. The quantitative estimate of drug-likeness (QED) is 0.657. The highest BCUT2D eigenvalue weighted by molar-refractivity contribution is 7.97. The van der Waals surface area contributed by atoms with Crippen molar-refractivity contribution >= 4 is 35.3 Å². The molecule has 2 aromatic carbocycles. The van der Waals surface area contributed by atoms with Crippen LogP contribution in [0.15, 0.2) is 41.3 Å². The summed E-state index contributed by atoms with van der Waals surface area (Å²) in [7, 11) is 0. The molecule has 6 nitrogen and oxygen atoms in total. The number of benzene rings is 2. The molecule has 1 heterocycles. The number of carbonyl (C=O) groups excluding carboxylic acids is 2. The number of alkyl halides is 2. The lowest BCUT2D eigenvalue weighted by molar-refractivity contribution is 0.0999. The number of hydrogen-bond acceptors (Lipinski definition) is 4. The number of nitrogens with two attached hydrogens (primary N) is 1. The van der Waals surface area contributed by atoms with E-state index in [2.05, 4.69) is 0 Å². The van der Waals surface area contributed by atoms with E-state index in [1.54, 1.807) is 6.07 Å². The van der Waals surface area contributed by atoms with Crippen molar-refractivity contribution in [3.05, 3.63) is 53.3 Å². The molecule has 164 valence electrons. The van der Waals surface area contributed by atoms with Crippen LogP contribution in [0.4, 0.5) is 29.3 Å². The molecule has 3 N–H and O–H groups in total. The van der Waals surface area contributed by atoms with Crippen LogP contribution < -0.4 is 10.6 Å². The number of anilines is 2. The fraction of sp³-hybridized carbons (Fsp3) is 0.333. The Balaban J connectivity index is 1.80. The van der Waals surface area contributed by atoms with Crippen LogP contribution in [0.25, 0.3) is 0 Å². The number of carbonyl (C=O) groups is 2. The molecule has 4 rings (SSSR count). The van der Waals surface area contributed by atoms with Gasteiger partial charge in [-0.25, -0.2) is 18.0 Å². The molecule has 31 heavy (non-hydrogen) atoms. The zero-order valence-electron chi connectivity index (χ0n) is 16.3. The van der Waals surface area contributed by atoms with E-state index in [0.717, 1.165) is 24.1 Å². The first-order valence-electron chi connectivity index (χ1n) is 9.77. The van der Waals surface area contributed by atoms with Crippen molar-refractivity contribution in [3.8, 4) is 0 Å². The molecule has 0 unspecified atom stereocenters. The van der Waals surface area contributed by atoms with Gasteiger partial charge in [-0.05, 0) is 74.0 Å². The van der Waals surface area contributed by atoms with E-state index in [0.29, 0.717) is 36.3 Å². The molecular weight excluding hydrogens is 431 g/mol. The molecule has 0 bridgehead atoms. The highest BCUT2D eigenvalue weighted by Crippen LogP contribution is 2.46. The van der Waals surface area contributed by atoms with Gasteiger partial charge in [-0.2, -0.15) is 0 Å². The number of aliphatic hydroxyl groups excluding tert-OH is 1. The van der Waals surface area contributed by atoms with Gasteiger partial charge in [0, 0.05) is 11.6 Å². The van der Waals surface area contributed by atoms with Crippen LogP contribution in [-0.2, 0) is 0 Å². The van der Waals surface area contributed by atoms with Crippen molar-refractivity contribution in [2.45, 2.75) is 49.2 Å². The normalized spacial score (nSPS) is 21.4. The van der Waals surface area contributed by atoms with Gasteiger partial charge < -0.3 is 10.8 Å². The SMILES string of the molecule is NC(=O)c1ccc2c(c1)SN(C1CCC(O)CC1)C(=O)N2c1ccc(F)c(C(F)F)c1. The molecule has 1 aliphatic carbocycles. The van der Waals surface area contributed by atoms with E-state index in [9.17, 15) is 27.9 Å². The number of urea groups is 1. The summed E-state index contributed by atoms with van der Waals surface area (Å²) in [6.07, 6.45) is -1.24. The fourth-order valence-corrected chi connectivity index (χ4v) is 5.05. The number of rotatable bonds is 4. The van der Waals surface area contributed by atoms with Crippen LogP contribution in [0, 0.1) is 5.82 Å². The topological polar surface area (TPSA) is 86.9 Å². The summed E-state index contributed by atoms with van der Waals surface area (Å²) in [5.41, 5.74) is 5.31. The van der Waals surface area contributed by atoms with Gasteiger partial charge in [0.2, 0.25) is 5.91 Å². The predicted octanol–water partition coefficient (Wildman–Crippen LogP) is 4.75. The Morgan fingerprint density at radius 2 is 1.84 bits per heavy atom. The molecule has 1 fully saturated rings. The second-order valence-electron chi connectivity index (χ2n) is 7.55. The van der Waals surface area contributed by atoms with Crippen molar-refractivity contribution in [3.63, 3.8) is 0 Å². The van der Waals surface area contributed by atoms with Crippen LogP contribution in [0.2, 0.25) is 0 Å². The summed E-state index contributed by atoms with van der Waals surface area (Å²) in [6.45, 7) is 0. The van der Waals surface area contributed by atoms with Crippen LogP contribution in [0.1, 0.15) is 48.0 Å². The first-order valence-corrected chi connectivity index (χ1v) is 10.5. The van der Waals surface area contributed by atoms with E-state index in [-0.39, 0.29) is 17.3 Å². The Kier molecular flexibility index (Phi) is 5.85. The average molecular weight is 451 g/mol. The van der Waals surface area contributed by atoms with Crippen molar-refractivity contribution in [1.82, 2.24) is 4.31 Å². The van der Waals surface area contributed by atoms with E-state index in [1.807, 2.05) is 0 Å². The number of primary amides is 1. The van der Waals surface area contributed by atoms with Gasteiger partial charge in [0.1, 0.15) is 5.82 Å². The van der Waals surface area contributed by atoms with Gasteiger partial charge in [0.05, 0.1) is 27.9 Å². The van der Waals surface area contributed by atoms with Crippen LogP contribution in [0.3, 0.4) is 0 Å². The molecule has 1 saturated carbocycles. The Hall–Kier alpha value is -2.72. The smallest absolute Gasteiger partial charge is 0.339 e. The van der Waals surface area contributed by atoms with Crippen LogP contribution in [0.5, 0.6) is 0 Å². The highest BCUT2D eigenvalue weighted by Gasteiger charge is 2.38. The van der Waals surface area contributed by atoms with Gasteiger partial charge in [-0.15, -0.1) is 0 Å². The molecule has 0 atom stereocenters. The van der Waals surface area contributed by atoms with Gasteiger partial charge in [0.25, 0.3) is 6.43 Å². The maximum Gasteiger partial charge on any atom is 0.339 e. The molecule has 10 heteroatoms. The Labute approximate surface area is 180 Å². The number of fused-ring (bicyclic) bond motifs is 1. The van der Waals surface area contributed by atoms with E-state index in [4.69, 9.17) is 5.73 Å². The summed E-state index contributed by atoms with van der Waals surface area (Å²) in [6, 6.07) is 7.00. The molecule has 0 saturated heterocycles. The minimum Gasteiger partial charge on any atom is -0.393 e. The fourth-order valence-electron chi connectivity index (χ4n) is 3.88. The molecular formula is C21H20F3N3O3S. The maximum atomic E-state index is 13.9. The number of hydrogen-bond donors (Lipinski definition) is 2. The third-order valence-corrected chi connectivity index (χ3v) is 6.71. The van der Waals surface area contributed by atoms with Gasteiger partial charge in [0.15, 0.2) is 0 Å². The zero-order chi connectivity index (χ0) is 22.3. The minimum absolute atomic E-state index is 0.0934. The summed E-state index contributed by atoms with van der Waals surface area (Å²) in [4.78, 5) is 26.9. The molecule has 3 amide bonds. The van der Waals surface area contributed by atoms with Gasteiger partial charge in [-0.3, -0.25) is 14.0 Å². The van der Waals surface area contributed by atoms with Gasteiger partial charge >= 0.3 is 6.03 Å². The maximum absolute atomic E-state index is 13.9. The third kappa shape index (κ3) is 4.09. The molecule has 0 spiro atoms. The second-order valence-corrected chi connectivity index (χ2v) is 8.57. The zero-order valence-corrected chi connectivity index (χ0v) is 17.1. The van der Waals surface area contributed by atoms with Crippen molar-refractivity contribution in [2.24, 2.45) is 5.73 Å². The van der Waals surface area contributed by atoms with E-state index >= 15 is 0 Å². The van der Waals surface area contributed by atoms with Gasteiger partial charge in [-0.1, -0.05) is 0 Å². The second kappa shape index (κ2) is 8.43. The van der Waals surface area contributed by atoms with Crippen LogP contribution in [-0.4, -0.2) is 33.5 Å². The van der Waals surface area contributed by atoms with E-state index < -0.39 is 35.8 Å². The summed E-state index contributed by atoms with van der Waals surface area (Å²) in [5.74, 6) is -1.69. The molecule has 2 aromatic rings. The monoisotopic (exact) mass is 451 g/mol. The predicted molar refractivity (Wildman–Crippen MR) is 110 cm³/mol. The van der Waals surface area contributed by atoms with Crippen molar-refractivity contribution in [2.75, 3.05) is 4.90 Å². The number of amides is 3. The number of halogens is 3. The first-order chi connectivity index (χ1) is 14.8. The third-order valence-electron chi connectivity index (χ3n) is 5.53. The molecule has 0 radical (unpaired) electrons. The highest BCUT2D eigenvalue weighted by atomic mass is 32.2. The number of aliphatic hydroxyl groups is 1. The molecule has 0 aromatic heterocycles. The lowest BCUT2D eigenvalue weighted by atomic mass is 9.93. The average Bonchev–Trinajstić information content (AvgIpc) is 2.74. The summed E-state index contributed by atoms with van der Waals surface area (Å²) < 4.78 is 41.9. The first kappa shape index (κ1) is 21.5. The molecule has 1 aliphatic heterocycles. The summed E-state index contributed by atoms with van der Waals surface area (Å²) >= 11 is 1.15. The van der Waals surface area contributed by atoms with Crippen molar-refractivity contribution in [1.29, 1.82) is 0 Å². The standard InChI is InChI=1S/C21H20F3N3O3S/c22-16-7-4-13(10-15(16)19(23)24)26-17-8-1-11(20(25)29)9-18(17)31-27(21(26)30)12-2-5-14(28)6-3-12/h1,4,7-10,12,14,19,28H,2-3,5-6H2,(H2,25,29). The van der Waals surface area contributed by atoms with Crippen molar-refractivity contribution < 1.29 is 27.9 Å². The summed E-state index contributed by atoms with van der Waals surface area (Å²) in [5, 5.41) is 9.81.